The molecule has 0 unspecified atom stereocenters. The minimum absolute atomic E-state index is 0.168. The van der Waals surface area contributed by atoms with E-state index < -0.39 is 10.0 Å². The standard InChI is InChI=1S/C19H36N4O4S/c1-5-6-7-14-22(2)15-8-11-21-19(24)10-12-20-13-18-27-17-9-16-23(3)28(4,25)26/h5-6,10,12-13H,7-9,11,14-18H2,1-4H3,(H,21,24)/b6-5-,12-10+,20-13-. The van der Waals surface area contributed by atoms with Crippen LogP contribution in [0.25, 0.3) is 0 Å². The van der Waals surface area contributed by atoms with Gasteiger partial charge in [-0.3, -0.25) is 9.79 Å². The molecule has 0 bridgehead atoms. The maximum absolute atomic E-state index is 11.6. The van der Waals surface area contributed by atoms with Crippen molar-refractivity contribution in [3.63, 3.8) is 0 Å². The highest BCUT2D eigenvalue weighted by Crippen LogP contribution is 1.95. The number of ether oxygens (including phenoxy) is 1. The first-order valence-electron chi connectivity index (χ1n) is 9.52. The molecule has 0 aliphatic rings. The maximum Gasteiger partial charge on any atom is 0.245 e. The number of nitrogens with one attached hydrogen (secondary N) is 1. The van der Waals surface area contributed by atoms with E-state index in [4.69, 9.17) is 4.74 Å². The molecule has 0 aliphatic heterocycles. The molecule has 0 heterocycles. The first kappa shape index (κ1) is 26.4. The highest BCUT2D eigenvalue weighted by Gasteiger charge is 2.09. The minimum Gasteiger partial charge on any atom is -0.376 e. The van der Waals surface area contributed by atoms with E-state index in [1.165, 1.54) is 29.9 Å². The molecule has 0 atom stereocenters. The lowest BCUT2D eigenvalue weighted by molar-refractivity contribution is -0.116. The normalized spacial score (nSPS) is 12.9. The van der Waals surface area contributed by atoms with Crippen molar-refractivity contribution >= 4 is 22.1 Å². The van der Waals surface area contributed by atoms with E-state index in [-0.39, 0.29) is 5.91 Å². The van der Waals surface area contributed by atoms with Crippen molar-refractivity contribution in [2.24, 2.45) is 4.99 Å². The van der Waals surface area contributed by atoms with Gasteiger partial charge in [0.2, 0.25) is 15.9 Å². The van der Waals surface area contributed by atoms with Crippen LogP contribution >= 0.6 is 0 Å². The van der Waals surface area contributed by atoms with Gasteiger partial charge in [0.1, 0.15) is 0 Å². The molecule has 0 spiro atoms. The van der Waals surface area contributed by atoms with Crippen molar-refractivity contribution in [1.82, 2.24) is 14.5 Å². The molecule has 162 valence electrons. The Balaban J connectivity index is 3.66. The highest BCUT2D eigenvalue weighted by molar-refractivity contribution is 7.88. The topological polar surface area (TPSA) is 91.3 Å². The SMILES string of the molecule is C/C=C\CCN(C)CCCNC(=O)/C=C/N=C\COCCCN(C)S(C)(=O)=O. The lowest BCUT2D eigenvalue weighted by Gasteiger charge is -2.15. The second-order valence-corrected chi connectivity index (χ2v) is 8.56. The Bertz CT molecular complexity index is 603. The van der Waals surface area contributed by atoms with Gasteiger partial charge in [-0.15, -0.1) is 0 Å². The summed E-state index contributed by atoms with van der Waals surface area (Å²) < 4.78 is 29.0. The number of amides is 1. The van der Waals surface area contributed by atoms with Crippen LogP contribution in [0.5, 0.6) is 0 Å². The quantitative estimate of drug-likeness (QED) is 0.177. The van der Waals surface area contributed by atoms with Gasteiger partial charge in [0.15, 0.2) is 0 Å². The Morgan fingerprint density at radius 2 is 1.93 bits per heavy atom. The molecule has 0 saturated heterocycles. The number of nitrogens with zero attached hydrogens (tertiary/aromatic N) is 3. The van der Waals surface area contributed by atoms with Crippen LogP contribution in [0.2, 0.25) is 0 Å². The fourth-order valence-corrected chi connectivity index (χ4v) is 2.56. The summed E-state index contributed by atoms with van der Waals surface area (Å²) >= 11 is 0. The van der Waals surface area contributed by atoms with Gasteiger partial charge in [-0.2, -0.15) is 0 Å². The number of allylic oxidation sites excluding steroid dienone is 1. The Morgan fingerprint density at radius 1 is 1.18 bits per heavy atom. The zero-order valence-electron chi connectivity index (χ0n) is 17.6. The van der Waals surface area contributed by atoms with E-state index in [1.54, 1.807) is 6.21 Å². The molecule has 0 aromatic rings. The molecule has 0 radical (unpaired) electrons. The van der Waals surface area contributed by atoms with Crippen LogP contribution in [0.1, 0.15) is 26.2 Å². The molecule has 0 aromatic heterocycles. The summed E-state index contributed by atoms with van der Waals surface area (Å²) in [6.45, 7) is 5.78. The minimum atomic E-state index is -3.13. The molecule has 0 aromatic carbocycles. The molecular formula is C19H36N4O4S. The van der Waals surface area contributed by atoms with Crippen LogP contribution in [0.15, 0.2) is 29.4 Å². The van der Waals surface area contributed by atoms with Gasteiger partial charge in [-0.25, -0.2) is 12.7 Å². The zero-order valence-corrected chi connectivity index (χ0v) is 18.5. The van der Waals surface area contributed by atoms with Gasteiger partial charge in [0.05, 0.1) is 12.9 Å². The summed E-state index contributed by atoms with van der Waals surface area (Å²) in [5.41, 5.74) is 0. The lowest BCUT2D eigenvalue weighted by Crippen LogP contribution is -2.27. The monoisotopic (exact) mass is 416 g/mol. The van der Waals surface area contributed by atoms with Crippen molar-refractivity contribution in [3.8, 4) is 0 Å². The number of carbonyl (C=O) groups is 1. The average Bonchev–Trinajstić information content (AvgIpc) is 2.63. The molecule has 0 fully saturated rings. The average molecular weight is 417 g/mol. The zero-order chi connectivity index (χ0) is 21.3. The van der Waals surface area contributed by atoms with Gasteiger partial charge in [-0.1, -0.05) is 12.2 Å². The van der Waals surface area contributed by atoms with Crippen molar-refractivity contribution in [2.75, 3.05) is 59.7 Å². The summed E-state index contributed by atoms with van der Waals surface area (Å²) in [6, 6.07) is 0. The molecule has 0 rings (SSSR count). The second-order valence-electron chi connectivity index (χ2n) is 6.47. The van der Waals surface area contributed by atoms with Crippen LogP contribution < -0.4 is 5.32 Å². The van der Waals surface area contributed by atoms with E-state index in [1.807, 2.05) is 6.92 Å². The molecule has 28 heavy (non-hydrogen) atoms. The second kappa shape index (κ2) is 16.4. The summed E-state index contributed by atoms with van der Waals surface area (Å²) in [5.74, 6) is -0.168. The van der Waals surface area contributed by atoms with Crippen LogP contribution in [0.3, 0.4) is 0 Å². The fourth-order valence-electron chi connectivity index (χ4n) is 2.10. The van der Waals surface area contributed by atoms with E-state index >= 15 is 0 Å². The number of rotatable bonds is 16. The van der Waals surface area contributed by atoms with E-state index in [0.717, 1.165) is 25.9 Å². The number of hydrogen-bond acceptors (Lipinski definition) is 6. The first-order chi connectivity index (χ1) is 13.3. The number of hydrogen-bond donors (Lipinski definition) is 1. The predicted octanol–water partition coefficient (Wildman–Crippen LogP) is 1.27. The van der Waals surface area contributed by atoms with Crippen LogP contribution in [0, 0.1) is 0 Å². The molecular weight excluding hydrogens is 380 g/mol. The predicted molar refractivity (Wildman–Crippen MR) is 115 cm³/mol. The van der Waals surface area contributed by atoms with Crippen LogP contribution in [-0.4, -0.2) is 89.5 Å². The number of aliphatic imine (C=N–C) groups is 1. The van der Waals surface area contributed by atoms with Gasteiger partial charge in [-0.05, 0) is 39.8 Å². The van der Waals surface area contributed by atoms with Gasteiger partial charge < -0.3 is 15.0 Å². The summed E-state index contributed by atoms with van der Waals surface area (Å²) in [6.07, 6.45) is 12.3. The summed E-state index contributed by atoms with van der Waals surface area (Å²) in [5, 5.41) is 2.82. The first-order valence-corrected chi connectivity index (χ1v) is 11.4. The molecule has 1 amide bonds. The van der Waals surface area contributed by atoms with Gasteiger partial charge >= 0.3 is 0 Å². The Hall–Kier alpha value is -1.55. The summed E-state index contributed by atoms with van der Waals surface area (Å²) in [7, 11) is 0.479. The number of carbonyl (C=O) groups excluding carboxylic acids is 1. The van der Waals surface area contributed by atoms with Crippen molar-refractivity contribution in [3.05, 3.63) is 24.4 Å². The third kappa shape index (κ3) is 16.6. The highest BCUT2D eigenvalue weighted by atomic mass is 32.2. The Labute approximate surface area is 170 Å². The largest absolute Gasteiger partial charge is 0.376 e. The van der Waals surface area contributed by atoms with E-state index in [2.05, 4.69) is 34.4 Å². The van der Waals surface area contributed by atoms with Crippen LogP contribution in [0.4, 0.5) is 0 Å². The number of sulfonamides is 1. The lowest BCUT2D eigenvalue weighted by atomic mass is 10.3. The van der Waals surface area contributed by atoms with Crippen LogP contribution in [-0.2, 0) is 19.6 Å². The third-order valence-electron chi connectivity index (χ3n) is 3.87. The fraction of sp³-hybridized carbons (Fsp3) is 0.684. The summed E-state index contributed by atoms with van der Waals surface area (Å²) in [4.78, 5) is 17.8. The molecule has 8 nitrogen and oxygen atoms in total. The molecule has 0 saturated carbocycles. The smallest absolute Gasteiger partial charge is 0.245 e. The van der Waals surface area contributed by atoms with Crippen molar-refractivity contribution < 1.29 is 17.9 Å². The van der Waals surface area contributed by atoms with Gasteiger partial charge in [0.25, 0.3) is 0 Å². The molecule has 0 aliphatic carbocycles. The van der Waals surface area contributed by atoms with Crippen molar-refractivity contribution in [2.45, 2.75) is 26.2 Å². The van der Waals surface area contributed by atoms with Gasteiger partial charge in [0, 0.05) is 51.8 Å². The van der Waals surface area contributed by atoms with Crippen molar-refractivity contribution in [1.29, 1.82) is 0 Å². The maximum atomic E-state index is 11.6. The third-order valence-corrected chi connectivity index (χ3v) is 5.18. The van der Waals surface area contributed by atoms with E-state index in [9.17, 15) is 13.2 Å². The Morgan fingerprint density at radius 3 is 2.61 bits per heavy atom. The molecule has 1 N–H and O–H groups in total. The van der Waals surface area contributed by atoms with E-state index in [0.29, 0.717) is 32.7 Å². The molecule has 9 heteroatoms. The Kier molecular flexibility index (Phi) is 15.5.